The lowest BCUT2D eigenvalue weighted by Gasteiger charge is -2.43. The number of carboxylic acid groups (broad SMARTS) is 2. The summed E-state index contributed by atoms with van der Waals surface area (Å²) in [6.07, 6.45) is 0.232. The summed E-state index contributed by atoms with van der Waals surface area (Å²) in [7, 11) is 2.77. The number of hydrogen-bond acceptors (Lipinski definition) is 7. The molecule has 0 aliphatic carbocycles. The van der Waals surface area contributed by atoms with Crippen molar-refractivity contribution in [3.8, 4) is 0 Å². The van der Waals surface area contributed by atoms with E-state index in [4.69, 9.17) is 32.7 Å². The Bertz CT molecular complexity index is 1430. The molecule has 1 aliphatic heterocycles. The van der Waals surface area contributed by atoms with Gasteiger partial charge in [0.05, 0.1) is 43.3 Å². The zero-order valence-corrected chi connectivity index (χ0v) is 27.3. The second-order valence-corrected chi connectivity index (χ2v) is 11.4. The molecule has 0 fully saturated rings. The van der Waals surface area contributed by atoms with E-state index in [1.807, 2.05) is 24.3 Å². The lowest BCUT2D eigenvalue weighted by molar-refractivity contribution is -0.140. The van der Waals surface area contributed by atoms with Crippen molar-refractivity contribution in [3.05, 3.63) is 91.7 Å². The minimum atomic E-state index is -1.81. The van der Waals surface area contributed by atoms with Crippen molar-refractivity contribution in [2.75, 3.05) is 40.4 Å². The number of allylic oxidation sites excluding steroid dienone is 1. The van der Waals surface area contributed by atoms with Gasteiger partial charge in [-0.1, -0.05) is 67.4 Å². The Morgan fingerprint density at radius 3 is 2.00 bits per heavy atom. The Morgan fingerprint density at radius 2 is 1.45 bits per heavy atom. The highest BCUT2D eigenvalue weighted by Gasteiger charge is 2.51. The monoisotopic (exact) mass is 646 g/mol. The van der Waals surface area contributed by atoms with Crippen LogP contribution in [-0.4, -0.2) is 78.3 Å². The number of aliphatic carboxylic acids is 2. The molecule has 0 radical (unpaired) electrons. The number of halogens is 2. The largest absolute Gasteiger partial charge is 0.478 e. The lowest BCUT2D eigenvalue weighted by Crippen LogP contribution is -2.45. The van der Waals surface area contributed by atoms with Crippen molar-refractivity contribution in [2.24, 2.45) is 0 Å². The predicted molar refractivity (Wildman–Crippen MR) is 170 cm³/mol. The molecule has 2 aromatic carbocycles. The third kappa shape index (κ3) is 7.46. The standard InChI is InChI=1S/C33H40Cl2N2O7/c1-6-37(7-2)17-18-44-20-22-12-9-8-11-21(22)15-16-25-29(31(39)40)33(3,28-23(34)13-10-14-24(28)35)30(32(41)42)26(36(25)4)19-27(38)43-5/h8-14H,6-7,15-20H2,1-5H3,(H,39,40)(H,41,42). The Labute approximate surface area is 268 Å². The van der Waals surface area contributed by atoms with E-state index in [2.05, 4.69) is 18.7 Å². The van der Waals surface area contributed by atoms with E-state index in [1.54, 1.807) is 13.1 Å². The van der Waals surface area contributed by atoms with Crippen LogP contribution in [0.15, 0.2) is 65.0 Å². The van der Waals surface area contributed by atoms with Crippen LogP contribution in [0, 0.1) is 0 Å². The van der Waals surface area contributed by atoms with Crippen molar-refractivity contribution in [1.82, 2.24) is 9.80 Å². The van der Waals surface area contributed by atoms with Crippen LogP contribution in [0.3, 0.4) is 0 Å². The smallest absolute Gasteiger partial charge is 0.334 e. The zero-order chi connectivity index (χ0) is 32.6. The fourth-order valence-electron chi connectivity index (χ4n) is 5.92. The molecule has 44 heavy (non-hydrogen) atoms. The summed E-state index contributed by atoms with van der Waals surface area (Å²) in [6.45, 7) is 9.37. The second kappa shape index (κ2) is 15.6. The van der Waals surface area contributed by atoms with Gasteiger partial charge in [-0.2, -0.15) is 0 Å². The maximum Gasteiger partial charge on any atom is 0.334 e. The predicted octanol–water partition coefficient (Wildman–Crippen LogP) is 5.93. The van der Waals surface area contributed by atoms with Gasteiger partial charge in [-0.15, -0.1) is 0 Å². The quantitative estimate of drug-likeness (QED) is 0.179. The number of carboxylic acids is 2. The molecule has 0 spiro atoms. The van der Waals surface area contributed by atoms with Crippen LogP contribution in [0.25, 0.3) is 0 Å². The first kappa shape index (κ1) is 35.1. The molecule has 9 nitrogen and oxygen atoms in total. The maximum absolute atomic E-state index is 13.1. The van der Waals surface area contributed by atoms with E-state index in [9.17, 15) is 24.6 Å². The van der Waals surface area contributed by atoms with Gasteiger partial charge in [-0.05, 0) is 56.1 Å². The van der Waals surface area contributed by atoms with Crippen LogP contribution in [0.5, 0.6) is 0 Å². The number of ether oxygens (including phenoxy) is 2. The molecule has 3 rings (SSSR count). The highest BCUT2D eigenvalue weighted by atomic mass is 35.5. The van der Waals surface area contributed by atoms with E-state index in [0.717, 1.165) is 30.8 Å². The first-order valence-electron chi connectivity index (χ1n) is 14.5. The second-order valence-electron chi connectivity index (χ2n) is 10.6. The van der Waals surface area contributed by atoms with Gasteiger partial charge in [0.25, 0.3) is 0 Å². The number of carbonyl (C=O) groups is 3. The van der Waals surface area contributed by atoms with E-state index in [0.29, 0.717) is 25.3 Å². The normalized spacial score (nSPS) is 17.0. The molecule has 238 valence electrons. The first-order chi connectivity index (χ1) is 20.9. The molecule has 0 amide bonds. The average molecular weight is 648 g/mol. The summed E-state index contributed by atoms with van der Waals surface area (Å²) in [5.74, 6) is -3.41. The van der Waals surface area contributed by atoms with Gasteiger partial charge in [-0.25, -0.2) is 9.59 Å². The third-order valence-corrected chi connectivity index (χ3v) is 8.90. The average Bonchev–Trinajstić information content (AvgIpc) is 2.98. The summed E-state index contributed by atoms with van der Waals surface area (Å²) in [4.78, 5) is 42.4. The van der Waals surface area contributed by atoms with Crippen molar-refractivity contribution in [2.45, 2.75) is 52.1 Å². The molecule has 1 atom stereocenters. The number of aryl methyl sites for hydroxylation is 1. The molecule has 11 heteroatoms. The molecule has 1 aliphatic rings. The molecular formula is C33H40Cl2N2O7. The van der Waals surface area contributed by atoms with Gasteiger partial charge in [0.15, 0.2) is 0 Å². The Morgan fingerprint density at radius 1 is 0.886 bits per heavy atom. The fraction of sp³-hybridized carbons (Fsp3) is 0.424. The van der Waals surface area contributed by atoms with Gasteiger partial charge >= 0.3 is 17.9 Å². The number of benzene rings is 2. The van der Waals surface area contributed by atoms with E-state index < -0.39 is 29.7 Å². The van der Waals surface area contributed by atoms with Gasteiger partial charge in [0, 0.05) is 40.6 Å². The number of esters is 1. The van der Waals surface area contributed by atoms with Crippen LogP contribution in [-0.2, 0) is 42.3 Å². The topological polar surface area (TPSA) is 117 Å². The van der Waals surface area contributed by atoms with Crippen molar-refractivity contribution < 1.29 is 34.1 Å². The molecule has 0 bridgehead atoms. The van der Waals surface area contributed by atoms with Crippen molar-refractivity contribution in [1.29, 1.82) is 0 Å². The number of nitrogens with zero attached hydrogens (tertiary/aromatic N) is 2. The Kier molecular flexibility index (Phi) is 12.4. The summed E-state index contributed by atoms with van der Waals surface area (Å²) in [5, 5.41) is 21.4. The van der Waals surface area contributed by atoms with Crippen LogP contribution in [0.2, 0.25) is 10.0 Å². The molecule has 1 unspecified atom stereocenters. The third-order valence-electron chi connectivity index (χ3n) is 8.27. The van der Waals surface area contributed by atoms with Gasteiger partial charge in [0.1, 0.15) is 0 Å². The first-order valence-corrected chi connectivity index (χ1v) is 15.2. The summed E-state index contributed by atoms with van der Waals surface area (Å²) < 4.78 is 10.9. The zero-order valence-electron chi connectivity index (χ0n) is 25.8. The molecule has 0 saturated heterocycles. The highest BCUT2D eigenvalue weighted by Crippen LogP contribution is 2.52. The molecule has 1 heterocycles. The van der Waals surface area contributed by atoms with Crippen molar-refractivity contribution in [3.63, 3.8) is 0 Å². The summed E-state index contributed by atoms with van der Waals surface area (Å²) in [6, 6.07) is 12.4. The minimum absolute atomic E-state index is 0.0934. The Balaban J connectivity index is 2.12. The molecular weight excluding hydrogens is 607 g/mol. The number of methoxy groups -OCH3 is 1. The maximum atomic E-state index is 13.1. The Hall–Kier alpha value is -3.37. The highest BCUT2D eigenvalue weighted by molar-refractivity contribution is 6.36. The number of rotatable bonds is 15. The number of hydrogen-bond donors (Lipinski definition) is 2. The van der Waals surface area contributed by atoms with Crippen LogP contribution >= 0.6 is 23.2 Å². The van der Waals surface area contributed by atoms with Crippen LogP contribution < -0.4 is 0 Å². The van der Waals surface area contributed by atoms with E-state index in [-0.39, 0.29) is 38.9 Å². The summed E-state index contributed by atoms with van der Waals surface area (Å²) >= 11 is 13.2. The van der Waals surface area contributed by atoms with E-state index >= 15 is 0 Å². The molecule has 0 saturated carbocycles. The number of carbonyl (C=O) groups excluding carboxylic acids is 1. The van der Waals surface area contributed by atoms with Gasteiger partial charge < -0.3 is 29.5 Å². The van der Waals surface area contributed by atoms with Crippen LogP contribution in [0.4, 0.5) is 0 Å². The van der Waals surface area contributed by atoms with Gasteiger partial charge in [-0.3, -0.25) is 4.79 Å². The lowest BCUT2D eigenvalue weighted by atomic mass is 9.66. The molecule has 0 aromatic heterocycles. The molecule has 2 aromatic rings. The summed E-state index contributed by atoms with van der Waals surface area (Å²) in [5.41, 5.74) is 0.168. The SMILES string of the molecule is CCN(CC)CCOCc1ccccc1CCC1=C(C(=O)O)C(C)(c2c(Cl)cccc2Cl)C(C(=O)O)=C(CC(=O)OC)N1C. The van der Waals surface area contributed by atoms with E-state index in [1.165, 1.54) is 31.1 Å². The number of likely N-dealkylation sites (N-methyl/N-ethyl adjacent to an activating group) is 1. The van der Waals surface area contributed by atoms with Crippen molar-refractivity contribution >= 4 is 41.1 Å². The fourth-order valence-corrected chi connectivity index (χ4v) is 6.70. The minimum Gasteiger partial charge on any atom is -0.478 e. The van der Waals surface area contributed by atoms with Gasteiger partial charge in [0.2, 0.25) is 0 Å². The molecule has 2 N–H and O–H groups in total. The van der Waals surface area contributed by atoms with Crippen LogP contribution in [0.1, 0.15) is 50.3 Å².